The summed E-state index contributed by atoms with van der Waals surface area (Å²) in [5.41, 5.74) is 17.5. The van der Waals surface area contributed by atoms with Crippen LogP contribution in [0.15, 0.2) is 197 Å². The van der Waals surface area contributed by atoms with Crippen LogP contribution in [0.4, 0.5) is 17.1 Å². The summed E-state index contributed by atoms with van der Waals surface area (Å²) < 4.78 is 60.8. The van der Waals surface area contributed by atoms with Crippen LogP contribution >= 0.6 is 0 Å². The topological polar surface area (TPSA) is 67.5 Å². The quantitative estimate of drug-likeness (QED) is 0.164. The lowest BCUT2D eigenvalue weighted by atomic mass is 9.34. The van der Waals surface area contributed by atoms with E-state index in [2.05, 4.69) is 182 Å². The SMILES string of the molecule is [2H]c1c([2H])c([2H])c2c(c1[2H])c1cc(C#N)ccc1n2-c1ccc2c(c1)N(c1ccc(C(C)(C)C)cc1-c1ccccc1)c1cc(-c3cc(C(C)(C)C)cc(C(C)(C)C)c3)cc3c1B2c1c(c2oc4ccccc4c2c2c1oc1ccccc12)O3. The summed E-state index contributed by atoms with van der Waals surface area (Å²) in [6.07, 6.45) is 0. The Morgan fingerprint density at radius 3 is 1.85 bits per heavy atom. The fourth-order valence-corrected chi connectivity index (χ4v) is 12.7. The molecule has 3 aromatic heterocycles. The molecule has 386 valence electrons. The van der Waals surface area contributed by atoms with Gasteiger partial charge in [0.1, 0.15) is 22.5 Å². The van der Waals surface area contributed by atoms with Crippen molar-refractivity contribution in [2.24, 2.45) is 0 Å². The number of para-hydroxylation sites is 3. The monoisotopic (exact) mass is 1040 g/mol. The van der Waals surface area contributed by atoms with Gasteiger partial charge in [0.15, 0.2) is 11.3 Å². The molecule has 0 saturated carbocycles. The number of furan rings is 2. The lowest BCUT2D eigenvalue weighted by molar-refractivity contribution is 0.481. The molecular weight excluding hydrogens is 978 g/mol. The predicted molar refractivity (Wildman–Crippen MR) is 333 cm³/mol. The van der Waals surface area contributed by atoms with Crippen molar-refractivity contribution < 1.29 is 19.1 Å². The molecule has 15 rings (SSSR count). The molecule has 0 bridgehead atoms. The molecule has 0 atom stereocenters. The average molecular weight is 1040 g/mol. The molecule has 2 aliphatic heterocycles. The average Bonchev–Trinajstić information content (AvgIpc) is 1.29. The van der Waals surface area contributed by atoms with Gasteiger partial charge >= 0.3 is 0 Å². The summed E-state index contributed by atoms with van der Waals surface area (Å²) in [7, 11) is 0. The molecule has 2 aliphatic rings. The first-order chi connectivity index (χ1) is 40.2. The molecule has 10 aromatic carbocycles. The highest BCUT2D eigenvalue weighted by Crippen LogP contribution is 2.52. The van der Waals surface area contributed by atoms with Gasteiger partial charge in [-0.2, -0.15) is 5.26 Å². The highest BCUT2D eigenvalue weighted by atomic mass is 16.5. The number of ether oxygens (including phenoxy) is 1. The Kier molecular flexibility index (Phi) is 9.22. The maximum Gasteiger partial charge on any atom is 0.261 e. The highest BCUT2D eigenvalue weighted by Gasteiger charge is 2.46. The van der Waals surface area contributed by atoms with E-state index in [1.165, 1.54) is 16.7 Å². The minimum absolute atomic E-state index is 0.166. The van der Waals surface area contributed by atoms with E-state index in [0.717, 1.165) is 88.4 Å². The number of benzene rings is 10. The zero-order valence-corrected chi connectivity index (χ0v) is 46.2. The molecule has 7 heteroatoms. The first-order valence-corrected chi connectivity index (χ1v) is 27.6. The molecule has 6 nitrogen and oxygen atoms in total. The van der Waals surface area contributed by atoms with Gasteiger partial charge in [-0.15, -0.1) is 0 Å². The number of rotatable bonds is 4. The fraction of sp³-hybridized carbons (Fsp3) is 0.164. The molecule has 0 N–H and O–H groups in total. The zero-order chi connectivity index (χ0) is 58.2. The fourth-order valence-electron chi connectivity index (χ4n) is 12.7. The Morgan fingerprint density at radius 1 is 0.500 bits per heavy atom. The lowest BCUT2D eigenvalue weighted by Gasteiger charge is -2.41. The summed E-state index contributed by atoms with van der Waals surface area (Å²) in [4.78, 5) is 2.39. The molecule has 0 saturated heterocycles. The maximum atomic E-state index is 10.2. The van der Waals surface area contributed by atoms with Crippen molar-refractivity contribution in [1.29, 1.82) is 5.26 Å². The van der Waals surface area contributed by atoms with Gasteiger partial charge in [-0.05, 0) is 133 Å². The maximum absolute atomic E-state index is 10.2. The van der Waals surface area contributed by atoms with Crippen molar-refractivity contribution in [3.05, 3.63) is 210 Å². The van der Waals surface area contributed by atoms with E-state index >= 15 is 0 Å². The minimum Gasteiger partial charge on any atom is -0.456 e. The van der Waals surface area contributed by atoms with Gasteiger partial charge in [0.2, 0.25) is 0 Å². The van der Waals surface area contributed by atoms with E-state index in [-0.39, 0.29) is 40.4 Å². The van der Waals surface area contributed by atoms with E-state index in [4.69, 9.17) is 16.3 Å². The van der Waals surface area contributed by atoms with Crippen LogP contribution < -0.4 is 26.0 Å². The molecule has 0 unspecified atom stereocenters. The van der Waals surface area contributed by atoms with Crippen LogP contribution in [-0.2, 0) is 16.2 Å². The van der Waals surface area contributed by atoms with Gasteiger partial charge in [0.05, 0.1) is 33.8 Å². The van der Waals surface area contributed by atoms with E-state index in [0.29, 0.717) is 55.7 Å². The van der Waals surface area contributed by atoms with Crippen molar-refractivity contribution in [2.75, 3.05) is 4.90 Å². The van der Waals surface area contributed by atoms with Gasteiger partial charge in [-0.1, -0.05) is 178 Å². The molecule has 13 aromatic rings. The van der Waals surface area contributed by atoms with Crippen LogP contribution in [0.3, 0.4) is 0 Å². The van der Waals surface area contributed by atoms with Gasteiger partial charge in [-0.25, -0.2) is 0 Å². The minimum atomic E-state index is -0.498. The second-order valence-electron chi connectivity index (χ2n) is 24.9. The van der Waals surface area contributed by atoms with Crippen LogP contribution in [0.25, 0.3) is 93.6 Å². The van der Waals surface area contributed by atoms with E-state index in [1.807, 2.05) is 47.0 Å². The van der Waals surface area contributed by atoms with Gasteiger partial charge in [-0.3, -0.25) is 0 Å². The third-order valence-electron chi connectivity index (χ3n) is 16.8. The second kappa shape index (κ2) is 16.9. The smallest absolute Gasteiger partial charge is 0.261 e. The molecule has 0 amide bonds. The molecule has 0 aliphatic carbocycles. The van der Waals surface area contributed by atoms with Crippen LogP contribution in [0.2, 0.25) is 0 Å². The van der Waals surface area contributed by atoms with E-state index in [1.54, 1.807) is 12.1 Å². The van der Waals surface area contributed by atoms with Crippen molar-refractivity contribution in [3.63, 3.8) is 0 Å². The predicted octanol–water partition coefficient (Wildman–Crippen LogP) is 18.1. The van der Waals surface area contributed by atoms with Gasteiger partial charge < -0.3 is 23.0 Å². The third-order valence-corrected chi connectivity index (χ3v) is 16.8. The van der Waals surface area contributed by atoms with Crippen LogP contribution in [-0.4, -0.2) is 11.3 Å². The third kappa shape index (κ3) is 7.11. The first-order valence-electron chi connectivity index (χ1n) is 29.6. The number of anilines is 3. The highest BCUT2D eigenvalue weighted by molar-refractivity contribution is 7.00. The van der Waals surface area contributed by atoms with Crippen LogP contribution in [0.1, 0.15) is 90.1 Å². The molecule has 5 heterocycles. The first kappa shape index (κ1) is 43.7. The molecule has 0 spiro atoms. The number of aromatic nitrogens is 1. The summed E-state index contributed by atoms with van der Waals surface area (Å²) in [6, 6.07) is 58.4. The van der Waals surface area contributed by atoms with Crippen LogP contribution in [0.5, 0.6) is 11.5 Å². The summed E-state index contributed by atoms with van der Waals surface area (Å²) in [6.45, 7) is 19.8. The Balaban J connectivity index is 1.13. The Hall–Kier alpha value is -9.25. The largest absolute Gasteiger partial charge is 0.456 e. The summed E-state index contributed by atoms with van der Waals surface area (Å²) in [5.74, 6) is 1.27. The van der Waals surface area contributed by atoms with Gasteiger partial charge in [0.25, 0.3) is 6.71 Å². The Bertz CT molecular complexity index is 5050. The number of hydrogen-bond acceptors (Lipinski definition) is 5. The van der Waals surface area contributed by atoms with Crippen molar-refractivity contribution in [2.45, 2.75) is 78.6 Å². The van der Waals surface area contributed by atoms with Crippen molar-refractivity contribution in [1.82, 2.24) is 4.57 Å². The normalized spacial score (nSPS) is 14.1. The number of hydrogen-bond donors (Lipinski definition) is 0. The molecule has 0 radical (unpaired) electrons. The molecule has 80 heavy (non-hydrogen) atoms. The second-order valence-corrected chi connectivity index (χ2v) is 24.9. The summed E-state index contributed by atoms with van der Waals surface area (Å²) >= 11 is 0. The van der Waals surface area contributed by atoms with Crippen LogP contribution in [0, 0.1) is 11.3 Å². The van der Waals surface area contributed by atoms with Crippen molar-refractivity contribution >= 4 is 106 Å². The number of nitrogens with zero attached hydrogens (tertiary/aromatic N) is 3. The van der Waals surface area contributed by atoms with E-state index < -0.39 is 6.71 Å². The summed E-state index contributed by atoms with van der Waals surface area (Å²) in [5, 5.41) is 14.9. The van der Waals surface area contributed by atoms with E-state index in [9.17, 15) is 8.00 Å². The van der Waals surface area contributed by atoms with Crippen molar-refractivity contribution in [3.8, 4) is 45.5 Å². The zero-order valence-electron chi connectivity index (χ0n) is 50.2. The Morgan fingerprint density at radius 2 is 1.15 bits per heavy atom. The molecule has 0 fully saturated rings. The lowest BCUT2D eigenvalue weighted by Crippen LogP contribution is -2.59. The standard InChI is InChI=1S/C73H58BN3O3/c1-71(2,3)46-28-32-57(53(39-46)43-19-11-10-12-20-43)77-59-40-49(76-56-24-16-13-21-50(56)54-33-42(41-75)27-31-58(54)76)29-30-55(59)74-66-60(77)36-45(44-34-47(72(4,5)6)38-48(35-44)73(7,8)9)37-63(66)80-70-67(74)68-64(51-22-14-17-25-61(51)78-68)65-52-23-15-18-26-62(52)79-69(65)70/h10-40H,1-9H3/i13D,16D,21D,24D. The van der Waals surface area contributed by atoms with Gasteiger partial charge in [0, 0.05) is 60.4 Å². The number of fused-ring (bicyclic) bond motifs is 16. The number of nitriles is 1. The Labute approximate surface area is 471 Å². The molecular formula is C73H58BN3O3.